The third-order valence-electron chi connectivity index (χ3n) is 2.54. The van der Waals surface area contributed by atoms with Crippen LogP contribution in [-0.2, 0) is 10.0 Å². The van der Waals surface area contributed by atoms with Gasteiger partial charge in [0.05, 0.1) is 0 Å². The molecule has 0 radical (unpaired) electrons. The summed E-state index contributed by atoms with van der Waals surface area (Å²) >= 11 is 0. The van der Waals surface area contributed by atoms with E-state index in [1.807, 2.05) is 5.43 Å². The Morgan fingerprint density at radius 2 is 1.87 bits per heavy atom. The second kappa shape index (κ2) is 7.66. The van der Waals surface area contributed by atoms with Gasteiger partial charge in [-0.25, -0.2) is 8.42 Å². The fourth-order valence-corrected chi connectivity index (χ4v) is 2.66. The Morgan fingerprint density at radius 1 is 1.26 bits per heavy atom. The maximum Gasteiger partial charge on any atom is 1.00 e. The van der Waals surface area contributed by atoms with E-state index >= 15 is 0 Å². The summed E-state index contributed by atoms with van der Waals surface area (Å²) in [5, 5.41) is 0. The molecular formula is C11H10N5NaO5S. The molecule has 0 aliphatic heterocycles. The Bertz CT molecular complexity index is 922. The summed E-state index contributed by atoms with van der Waals surface area (Å²) in [5.74, 6) is -0.742. The molecule has 10 nitrogen and oxygen atoms in total. The Kier molecular flexibility index (Phi) is 6.41. The molecule has 1 amide bonds. The predicted molar refractivity (Wildman–Crippen MR) is 73.4 cm³/mol. The Morgan fingerprint density at radius 3 is 2.43 bits per heavy atom. The van der Waals surface area contributed by atoms with Gasteiger partial charge in [-0.15, -0.1) is 4.83 Å². The molecule has 3 N–H and O–H groups in total. The molecule has 0 aliphatic carbocycles. The van der Waals surface area contributed by atoms with Crippen LogP contribution in [0, 0.1) is 6.92 Å². The molecule has 0 atom stereocenters. The van der Waals surface area contributed by atoms with Gasteiger partial charge in [-0.3, -0.25) is 24.8 Å². The van der Waals surface area contributed by atoms with Crippen LogP contribution in [0.25, 0.3) is 0 Å². The van der Waals surface area contributed by atoms with Crippen LogP contribution in [0.4, 0.5) is 0 Å². The van der Waals surface area contributed by atoms with Crippen molar-refractivity contribution in [2.45, 2.75) is 11.8 Å². The Balaban J connectivity index is 0.00000264. The number of H-pyrrole nitrogens is 1. The van der Waals surface area contributed by atoms with Crippen LogP contribution >= 0.6 is 0 Å². The third-order valence-corrected chi connectivity index (χ3v) is 3.93. The summed E-state index contributed by atoms with van der Waals surface area (Å²) in [6, 6.07) is 2.74. The molecule has 0 spiro atoms. The van der Waals surface area contributed by atoms with E-state index in [9.17, 15) is 22.8 Å². The molecule has 12 heteroatoms. The van der Waals surface area contributed by atoms with Gasteiger partial charge in [0.25, 0.3) is 15.9 Å². The van der Waals surface area contributed by atoms with Gasteiger partial charge in [-0.1, -0.05) is 0 Å². The number of nitrogens with one attached hydrogen (secondary N) is 3. The second-order valence-corrected chi connectivity index (χ2v) is 5.72. The number of nitrogens with zero attached hydrogens (tertiary/aromatic N) is 2. The van der Waals surface area contributed by atoms with Crippen LogP contribution in [0.5, 0.6) is 0 Å². The summed E-state index contributed by atoms with van der Waals surface area (Å²) in [6.45, 7) is 1.23. The van der Waals surface area contributed by atoms with Gasteiger partial charge < -0.3 is 9.97 Å². The third kappa shape index (κ3) is 4.59. The van der Waals surface area contributed by atoms with Crippen LogP contribution in [-0.4, -0.2) is 24.3 Å². The van der Waals surface area contributed by atoms with Gasteiger partial charge in [0.2, 0.25) is 0 Å². The minimum absolute atomic E-state index is 0. The van der Waals surface area contributed by atoms with Crippen molar-refractivity contribution in [1.82, 2.24) is 25.2 Å². The zero-order chi connectivity index (χ0) is 16.3. The number of hydrogen-bond acceptors (Lipinski definition) is 6. The largest absolute Gasteiger partial charge is 1.00 e. The Hall–Kier alpha value is -1.79. The van der Waals surface area contributed by atoms with Gasteiger partial charge in [0.1, 0.15) is 4.90 Å². The van der Waals surface area contributed by atoms with Crippen LogP contribution in [0.15, 0.2) is 39.0 Å². The number of carbonyl (C=O) groups excluding carboxylic acids is 1. The fourth-order valence-electron chi connectivity index (χ4n) is 1.61. The maximum atomic E-state index is 12.0. The quantitative estimate of drug-likeness (QED) is 0.370. The van der Waals surface area contributed by atoms with Gasteiger partial charge in [0, 0.05) is 18.0 Å². The van der Waals surface area contributed by atoms with E-state index < -0.39 is 32.1 Å². The van der Waals surface area contributed by atoms with E-state index in [2.05, 4.69) is 15.0 Å². The molecule has 0 aliphatic rings. The minimum Gasteiger partial charge on any atom is -0.426 e. The first kappa shape index (κ1) is 19.3. The first-order chi connectivity index (χ1) is 10.3. The molecule has 2 heterocycles. The fraction of sp³-hybridized carbons (Fsp3) is 0.0909. The van der Waals surface area contributed by atoms with Crippen molar-refractivity contribution in [2.24, 2.45) is 0 Å². The molecule has 2 rings (SSSR count). The number of carbonyl (C=O) groups is 1. The molecular weight excluding hydrogens is 337 g/mol. The van der Waals surface area contributed by atoms with Crippen molar-refractivity contribution < 1.29 is 42.8 Å². The molecule has 0 fully saturated rings. The van der Waals surface area contributed by atoms with E-state index in [4.69, 9.17) is 0 Å². The summed E-state index contributed by atoms with van der Waals surface area (Å²) < 4.78 is 24.0. The number of pyridine rings is 1. The number of amides is 1. The number of sulfonamides is 1. The number of aromatic nitrogens is 3. The summed E-state index contributed by atoms with van der Waals surface area (Å²) in [5.41, 5.74) is -0.250. The van der Waals surface area contributed by atoms with Gasteiger partial charge in [0.15, 0.2) is 11.2 Å². The van der Waals surface area contributed by atoms with Crippen molar-refractivity contribution in [1.29, 1.82) is 0 Å². The molecule has 23 heavy (non-hydrogen) atoms. The molecule has 0 unspecified atom stereocenters. The molecule has 0 aromatic carbocycles. The summed E-state index contributed by atoms with van der Waals surface area (Å²) in [4.78, 5) is 44.1. The van der Waals surface area contributed by atoms with Crippen LogP contribution in [0.2, 0.25) is 0 Å². The van der Waals surface area contributed by atoms with E-state index in [0.717, 1.165) is 0 Å². The number of aryl methyl sites for hydroxylation is 1. The van der Waals surface area contributed by atoms with Crippen molar-refractivity contribution in [3.05, 3.63) is 56.6 Å². The van der Waals surface area contributed by atoms with E-state index in [-0.39, 0.29) is 40.8 Å². The number of hydrazine groups is 1. The first-order valence-corrected chi connectivity index (χ1v) is 7.29. The van der Waals surface area contributed by atoms with Crippen molar-refractivity contribution >= 4 is 15.9 Å². The smallest absolute Gasteiger partial charge is 0.426 e. The number of rotatable bonds is 4. The van der Waals surface area contributed by atoms with Gasteiger partial charge in [-0.05, 0) is 24.8 Å². The SMILES string of the molecule is Cc1[nH]c(=O)[n-]c(=O)c1S(=O)(=O)NNC(=O)c1ccncc1.[Na+]. The zero-order valence-electron chi connectivity index (χ0n) is 12.2. The average molecular weight is 347 g/mol. The van der Waals surface area contributed by atoms with E-state index in [0.29, 0.717) is 0 Å². The van der Waals surface area contributed by atoms with E-state index in [1.165, 1.54) is 31.5 Å². The predicted octanol–water partition coefficient (Wildman–Crippen LogP) is -4.98. The molecule has 0 bridgehead atoms. The molecule has 116 valence electrons. The average Bonchev–Trinajstić information content (AvgIpc) is 2.44. The monoisotopic (exact) mass is 347 g/mol. The standard InChI is InChI=1S/C11H11N5O5S.Na/c1-6-8(10(18)14-11(19)13-6)22(20,21)16-15-9(17)7-2-4-12-5-3-7;/h2-5H,1H3,(H4,12,13,14,15,16,17,18,19);/q;+1/p-1. The Labute approximate surface area is 152 Å². The van der Waals surface area contributed by atoms with E-state index in [1.54, 1.807) is 4.83 Å². The minimum atomic E-state index is -4.38. The molecule has 2 aromatic heterocycles. The summed E-state index contributed by atoms with van der Waals surface area (Å²) in [7, 11) is -4.38. The first-order valence-electron chi connectivity index (χ1n) is 5.81. The normalized spacial score (nSPS) is 10.7. The van der Waals surface area contributed by atoms with Crippen molar-refractivity contribution in [3.63, 3.8) is 0 Å². The van der Waals surface area contributed by atoms with Crippen molar-refractivity contribution in [3.8, 4) is 0 Å². The number of aromatic amines is 1. The molecule has 0 saturated heterocycles. The second-order valence-electron chi connectivity index (χ2n) is 4.10. The molecule has 0 saturated carbocycles. The zero-order valence-corrected chi connectivity index (χ0v) is 15.0. The summed E-state index contributed by atoms with van der Waals surface area (Å²) in [6.07, 6.45) is 2.71. The van der Waals surface area contributed by atoms with Crippen molar-refractivity contribution in [2.75, 3.05) is 0 Å². The van der Waals surface area contributed by atoms with Gasteiger partial charge in [-0.2, -0.15) is 0 Å². The molecule has 2 aromatic rings. The van der Waals surface area contributed by atoms with Crippen LogP contribution < -0.4 is 56.0 Å². The maximum absolute atomic E-state index is 12.0. The number of hydrogen-bond donors (Lipinski definition) is 3. The topological polar surface area (TPSA) is 152 Å². The van der Waals surface area contributed by atoms with Crippen LogP contribution in [0.3, 0.4) is 0 Å². The van der Waals surface area contributed by atoms with Crippen LogP contribution in [0.1, 0.15) is 16.1 Å². The van der Waals surface area contributed by atoms with Gasteiger partial charge >= 0.3 is 29.6 Å².